The molecule has 0 spiro atoms. The number of hydrogen-bond donors (Lipinski definition) is 2. The number of guanidine groups is 1. The summed E-state index contributed by atoms with van der Waals surface area (Å²) in [6, 6.07) is 0. The van der Waals surface area contributed by atoms with Gasteiger partial charge in [0.15, 0.2) is 5.96 Å². The Bertz CT molecular complexity index is 597. The Balaban J connectivity index is 0.00000280. The summed E-state index contributed by atoms with van der Waals surface area (Å²) in [6.07, 6.45) is 10.6. The Morgan fingerprint density at radius 3 is 2.64 bits per heavy atom. The van der Waals surface area contributed by atoms with Gasteiger partial charge in [-0.25, -0.2) is 4.98 Å². The molecule has 0 amide bonds. The zero-order valence-corrected chi connectivity index (χ0v) is 20.5. The Labute approximate surface area is 190 Å². The van der Waals surface area contributed by atoms with Gasteiger partial charge >= 0.3 is 0 Å². The minimum Gasteiger partial charge on any atom is -0.379 e. The number of hydrogen-bond acceptors (Lipinski definition) is 5. The van der Waals surface area contributed by atoms with Crippen LogP contribution in [0.25, 0.3) is 0 Å². The molecular formula is C20H36IN5OS. The molecule has 1 aromatic rings. The third-order valence-electron chi connectivity index (χ3n) is 5.86. The minimum absolute atomic E-state index is 0. The number of rotatable bonds is 7. The summed E-state index contributed by atoms with van der Waals surface area (Å²) >= 11 is 1.82. The first kappa shape index (κ1) is 23.8. The fourth-order valence-electron chi connectivity index (χ4n) is 4.24. The summed E-state index contributed by atoms with van der Waals surface area (Å²) in [5, 5.41) is 8.29. The van der Waals surface area contributed by atoms with Crippen molar-refractivity contribution in [2.75, 3.05) is 46.4 Å². The third-order valence-corrected chi connectivity index (χ3v) is 7.06. The van der Waals surface area contributed by atoms with Crippen molar-refractivity contribution in [3.8, 4) is 0 Å². The molecule has 2 N–H and O–H groups in total. The van der Waals surface area contributed by atoms with Crippen LogP contribution in [0.5, 0.6) is 0 Å². The fraction of sp³-hybridized carbons (Fsp3) is 0.800. The van der Waals surface area contributed by atoms with Crippen molar-refractivity contribution in [2.24, 2.45) is 4.99 Å². The lowest BCUT2D eigenvalue weighted by atomic mass is 9.80. The van der Waals surface area contributed by atoms with Gasteiger partial charge in [0.2, 0.25) is 0 Å². The van der Waals surface area contributed by atoms with Crippen LogP contribution < -0.4 is 10.6 Å². The molecule has 8 heteroatoms. The van der Waals surface area contributed by atoms with Gasteiger partial charge in [-0.2, -0.15) is 0 Å². The molecule has 0 radical (unpaired) electrons. The Hall–Kier alpha value is -0.450. The van der Waals surface area contributed by atoms with E-state index in [1.54, 1.807) is 0 Å². The Morgan fingerprint density at radius 2 is 2.00 bits per heavy atom. The molecule has 1 aliphatic carbocycles. The molecule has 0 atom stereocenters. The number of aromatic nitrogens is 1. The normalized spacial score (nSPS) is 20.4. The molecule has 0 bridgehead atoms. The summed E-state index contributed by atoms with van der Waals surface area (Å²) in [7, 11) is 1.86. The lowest BCUT2D eigenvalue weighted by molar-refractivity contribution is -0.0352. The SMILES string of the molecule is CCc1cnc(CCNC(=NC)NCC2(N3CCOCC3)CCCCC2)s1.I. The largest absolute Gasteiger partial charge is 0.379 e. The van der Waals surface area contributed by atoms with E-state index in [0.29, 0.717) is 0 Å². The highest BCUT2D eigenvalue weighted by Gasteiger charge is 2.38. The lowest BCUT2D eigenvalue weighted by Gasteiger charge is -2.48. The summed E-state index contributed by atoms with van der Waals surface area (Å²) in [5.74, 6) is 0.903. The first-order valence-electron chi connectivity index (χ1n) is 10.5. The third kappa shape index (κ3) is 6.53. The number of thiazole rings is 1. The molecule has 1 saturated heterocycles. The molecule has 2 aliphatic rings. The molecule has 0 aromatic carbocycles. The summed E-state index contributed by atoms with van der Waals surface area (Å²) < 4.78 is 5.58. The number of nitrogens with one attached hydrogen (secondary N) is 2. The number of halogens is 1. The second kappa shape index (κ2) is 12.3. The van der Waals surface area contributed by atoms with Crippen LogP contribution in [0.1, 0.15) is 48.9 Å². The van der Waals surface area contributed by atoms with Crippen LogP contribution in [0.4, 0.5) is 0 Å². The highest BCUT2D eigenvalue weighted by molar-refractivity contribution is 14.0. The van der Waals surface area contributed by atoms with E-state index in [0.717, 1.165) is 58.2 Å². The van der Waals surface area contributed by atoms with E-state index >= 15 is 0 Å². The quantitative estimate of drug-likeness (QED) is 0.328. The summed E-state index contributed by atoms with van der Waals surface area (Å²) in [5.41, 5.74) is 0.255. The van der Waals surface area contributed by atoms with Crippen LogP contribution in [0, 0.1) is 0 Å². The monoisotopic (exact) mass is 521 g/mol. The van der Waals surface area contributed by atoms with E-state index in [4.69, 9.17) is 4.74 Å². The van der Waals surface area contributed by atoms with Crippen molar-refractivity contribution in [3.63, 3.8) is 0 Å². The van der Waals surface area contributed by atoms with Crippen LogP contribution >= 0.6 is 35.3 Å². The first-order chi connectivity index (χ1) is 13.3. The lowest BCUT2D eigenvalue weighted by Crippen LogP contribution is -2.60. The number of aryl methyl sites for hydroxylation is 1. The molecule has 1 saturated carbocycles. The standard InChI is InChI=1S/C20H35N5OS.HI/c1-3-17-15-23-18(27-17)7-10-22-19(21-2)24-16-20(8-5-4-6-9-20)25-11-13-26-14-12-25;/h15H,3-14,16H2,1-2H3,(H2,21,22,24);1H. The van der Waals surface area contributed by atoms with Crippen LogP contribution in [0.2, 0.25) is 0 Å². The van der Waals surface area contributed by atoms with E-state index in [1.165, 1.54) is 42.0 Å². The summed E-state index contributed by atoms with van der Waals surface area (Å²) in [4.78, 5) is 13.0. The molecule has 160 valence electrons. The van der Waals surface area contributed by atoms with Crippen LogP contribution in [0.15, 0.2) is 11.2 Å². The van der Waals surface area contributed by atoms with Crippen molar-refractivity contribution in [1.82, 2.24) is 20.5 Å². The topological polar surface area (TPSA) is 61.8 Å². The number of aliphatic imine (C=N–C) groups is 1. The molecule has 1 aromatic heterocycles. The maximum absolute atomic E-state index is 5.58. The zero-order chi connectivity index (χ0) is 19.0. The number of nitrogens with zero attached hydrogens (tertiary/aromatic N) is 3. The number of ether oxygens (including phenoxy) is 1. The second-order valence-electron chi connectivity index (χ2n) is 7.56. The van der Waals surface area contributed by atoms with Crippen LogP contribution in [-0.2, 0) is 17.6 Å². The molecule has 0 unspecified atom stereocenters. The van der Waals surface area contributed by atoms with Crippen molar-refractivity contribution in [3.05, 3.63) is 16.1 Å². The Morgan fingerprint density at radius 1 is 1.25 bits per heavy atom. The van der Waals surface area contributed by atoms with Crippen molar-refractivity contribution in [2.45, 2.75) is 57.4 Å². The van der Waals surface area contributed by atoms with Crippen LogP contribution in [0.3, 0.4) is 0 Å². The molecule has 1 aliphatic heterocycles. The molecule has 6 nitrogen and oxygen atoms in total. The van der Waals surface area contributed by atoms with Gasteiger partial charge in [0, 0.05) is 56.3 Å². The first-order valence-corrected chi connectivity index (χ1v) is 11.3. The van der Waals surface area contributed by atoms with Gasteiger partial charge < -0.3 is 15.4 Å². The van der Waals surface area contributed by atoms with Gasteiger partial charge in [-0.05, 0) is 19.3 Å². The van der Waals surface area contributed by atoms with Gasteiger partial charge in [-0.15, -0.1) is 35.3 Å². The van der Waals surface area contributed by atoms with Gasteiger partial charge in [0.1, 0.15) is 0 Å². The van der Waals surface area contributed by atoms with E-state index < -0.39 is 0 Å². The van der Waals surface area contributed by atoms with Crippen molar-refractivity contribution >= 4 is 41.3 Å². The molecule has 28 heavy (non-hydrogen) atoms. The van der Waals surface area contributed by atoms with E-state index in [-0.39, 0.29) is 29.5 Å². The molecule has 2 heterocycles. The predicted octanol–water partition coefficient (Wildman–Crippen LogP) is 3.07. The van der Waals surface area contributed by atoms with E-state index in [9.17, 15) is 0 Å². The van der Waals surface area contributed by atoms with Gasteiger partial charge in [-0.1, -0.05) is 26.2 Å². The Kier molecular flexibility index (Phi) is 10.5. The minimum atomic E-state index is 0. The van der Waals surface area contributed by atoms with E-state index in [1.807, 2.05) is 24.6 Å². The maximum atomic E-state index is 5.58. The molecular weight excluding hydrogens is 485 g/mol. The van der Waals surface area contributed by atoms with Crippen LogP contribution in [-0.4, -0.2) is 67.8 Å². The average molecular weight is 522 g/mol. The number of morpholine rings is 1. The van der Waals surface area contributed by atoms with E-state index in [2.05, 4.69) is 32.4 Å². The van der Waals surface area contributed by atoms with Gasteiger partial charge in [0.05, 0.1) is 18.2 Å². The van der Waals surface area contributed by atoms with Gasteiger partial charge in [0.25, 0.3) is 0 Å². The smallest absolute Gasteiger partial charge is 0.191 e. The second-order valence-corrected chi connectivity index (χ2v) is 8.76. The van der Waals surface area contributed by atoms with Gasteiger partial charge in [-0.3, -0.25) is 9.89 Å². The predicted molar refractivity (Wildman–Crippen MR) is 128 cm³/mol. The molecule has 3 rings (SSSR count). The fourth-order valence-corrected chi connectivity index (χ4v) is 5.10. The maximum Gasteiger partial charge on any atom is 0.191 e. The summed E-state index contributed by atoms with van der Waals surface area (Å²) in [6.45, 7) is 7.83. The molecule has 2 fully saturated rings. The van der Waals surface area contributed by atoms with Crippen molar-refractivity contribution < 1.29 is 4.74 Å². The highest BCUT2D eigenvalue weighted by Crippen LogP contribution is 2.33. The highest BCUT2D eigenvalue weighted by atomic mass is 127. The van der Waals surface area contributed by atoms with Crippen molar-refractivity contribution in [1.29, 1.82) is 0 Å². The zero-order valence-electron chi connectivity index (χ0n) is 17.3. The average Bonchev–Trinajstić information content (AvgIpc) is 3.20.